The number of nitrogens with zero attached hydrogens (tertiary/aromatic N) is 4. The first-order valence-corrected chi connectivity index (χ1v) is 7.35. The van der Waals surface area contributed by atoms with Gasteiger partial charge >= 0.3 is 0 Å². The number of hydrogen-bond acceptors (Lipinski definition) is 7. The van der Waals surface area contributed by atoms with Crippen molar-refractivity contribution in [2.45, 2.75) is 53.1 Å². The molecule has 0 radical (unpaired) electrons. The molecule has 0 spiro atoms. The predicted octanol–water partition coefficient (Wildman–Crippen LogP) is 1.02. The van der Waals surface area contributed by atoms with Gasteiger partial charge in [0.15, 0.2) is 11.5 Å². The van der Waals surface area contributed by atoms with E-state index < -0.39 is 18.4 Å². The molecule has 124 valence electrons. The molecule has 2 rings (SSSR count). The minimum absolute atomic E-state index is 0.273. The minimum atomic E-state index is -0.779. The van der Waals surface area contributed by atoms with E-state index in [1.165, 1.54) is 0 Å². The number of ether oxygens (including phenoxy) is 1. The normalized spacial score (nSPS) is 15.0. The Morgan fingerprint density at radius 3 is 2.50 bits per heavy atom. The first kappa shape index (κ1) is 18.3. The van der Waals surface area contributed by atoms with Crippen molar-refractivity contribution in [2.24, 2.45) is 0 Å². The van der Waals surface area contributed by atoms with E-state index >= 15 is 0 Å². The van der Waals surface area contributed by atoms with Gasteiger partial charge in [0.1, 0.15) is 23.7 Å². The average Bonchev–Trinajstić information content (AvgIpc) is 2.90. The summed E-state index contributed by atoms with van der Waals surface area (Å²) < 4.78 is 7.30. The maximum absolute atomic E-state index is 9.50. The first-order chi connectivity index (χ1) is 10.4. The highest BCUT2D eigenvalue weighted by molar-refractivity contribution is 5.81. The van der Waals surface area contributed by atoms with E-state index in [-0.39, 0.29) is 6.61 Å². The van der Waals surface area contributed by atoms with Gasteiger partial charge in [-0.2, -0.15) is 0 Å². The highest BCUT2D eigenvalue weighted by Crippen LogP contribution is 2.21. The summed E-state index contributed by atoms with van der Waals surface area (Å²) in [6.45, 7) is 8.81. The Hall–Kier alpha value is -1.77. The van der Waals surface area contributed by atoms with E-state index in [4.69, 9.17) is 10.5 Å². The Morgan fingerprint density at radius 1 is 1.32 bits per heavy atom. The standard InChI is InChI=1S/C12H19N5O3.C2H6/c1-6(19)9(4-18)20-8(3)17-5-14-10-11(13)15-7(2)16-12(10)17;1-2/h5-6,8-9,18-19H,4H2,1-3H3,(H2,13,15,16);1-2H3/t6-,8?,9?;/m1./s1. The number of nitrogen functional groups attached to an aromatic ring is 1. The quantitative estimate of drug-likeness (QED) is 0.754. The van der Waals surface area contributed by atoms with Crippen LogP contribution in [-0.2, 0) is 4.74 Å². The Labute approximate surface area is 130 Å². The molecule has 0 aliphatic carbocycles. The number of hydrogen-bond donors (Lipinski definition) is 3. The molecule has 2 unspecified atom stereocenters. The van der Waals surface area contributed by atoms with Crippen LogP contribution in [0.4, 0.5) is 5.82 Å². The topological polar surface area (TPSA) is 119 Å². The van der Waals surface area contributed by atoms with E-state index in [2.05, 4.69) is 15.0 Å². The molecular formula is C14H25N5O3. The number of nitrogens with two attached hydrogens (primary N) is 1. The molecule has 22 heavy (non-hydrogen) atoms. The molecule has 3 atom stereocenters. The van der Waals surface area contributed by atoms with E-state index in [9.17, 15) is 10.2 Å². The summed E-state index contributed by atoms with van der Waals surface area (Å²) >= 11 is 0. The zero-order chi connectivity index (χ0) is 16.9. The van der Waals surface area contributed by atoms with Crippen molar-refractivity contribution in [3.05, 3.63) is 12.2 Å². The summed E-state index contributed by atoms with van der Waals surface area (Å²) in [7, 11) is 0. The Kier molecular flexibility index (Phi) is 6.66. The molecule has 8 heteroatoms. The molecule has 0 fully saturated rings. The minimum Gasteiger partial charge on any atom is -0.394 e. The molecule has 2 heterocycles. The molecule has 0 bridgehead atoms. The number of aliphatic hydroxyl groups excluding tert-OH is 2. The second kappa shape index (κ2) is 8.02. The predicted molar refractivity (Wildman–Crippen MR) is 84.2 cm³/mol. The molecule has 0 saturated heterocycles. The molecule has 8 nitrogen and oxygen atoms in total. The summed E-state index contributed by atoms with van der Waals surface area (Å²) in [4.78, 5) is 12.5. The van der Waals surface area contributed by atoms with Crippen molar-refractivity contribution in [3.8, 4) is 0 Å². The van der Waals surface area contributed by atoms with Gasteiger partial charge in [-0.05, 0) is 20.8 Å². The van der Waals surface area contributed by atoms with E-state index in [1.54, 1.807) is 31.7 Å². The van der Waals surface area contributed by atoms with Crippen LogP contribution in [0.3, 0.4) is 0 Å². The fourth-order valence-electron chi connectivity index (χ4n) is 1.95. The lowest BCUT2D eigenvalue weighted by atomic mass is 10.2. The maximum Gasteiger partial charge on any atom is 0.167 e. The fraction of sp³-hybridized carbons (Fsp3) is 0.643. The van der Waals surface area contributed by atoms with Crippen LogP contribution in [0.1, 0.15) is 39.7 Å². The smallest absolute Gasteiger partial charge is 0.167 e. The molecule has 0 aliphatic heterocycles. The van der Waals surface area contributed by atoms with Gasteiger partial charge in [-0.3, -0.25) is 4.57 Å². The summed E-state index contributed by atoms with van der Waals surface area (Å²) in [5, 5.41) is 18.7. The van der Waals surface area contributed by atoms with Crippen LogP contribution in [0.2, 0.25) is 0 Å². The van der Waals surface area contributed by atoms with Crippen molar-refractivity contribution in [1.82, 2.24) is 19.5 Å². The number of fused-ring (bicyclic) bond motifs is 1. The molecule has 4 N–H and O–H groups in total. The first-order valence-electron chi connectivity index (χ1n) is 7.35. The monoisotopic (exact) mass is 311 g/mol. The van der Waals surface area contributed by atoms with Crippen LogP contribution in [0.15, 0.2) is 6.33 Å². The maximum atomic E-state index is 9.50. The molecule has 0 aliphatic rings. The van der Waals surface area contributed by atoms with Crippen molar-refractivity contribution >= 4 is 17.0 Å². The van der Waals surface area contributed by atoms with Gasteiger partial charge < -0.3 is 20.7 Å². The van der Waals surface area contributed by atoms with Crippen LogP contribution in [0.25, 0.3) is 11.2 Å². The zero-order valence-corrected chi connectivity index (χ0v) is 13.7. The molecule has 2 aromatic rings. The summed E-state index contributed by atoms with van der Waals surface area (Å²) in [5.41, 5.74) is 6.86. The summed E-state index contributed by atoms with van der Waals surface area (Å²) in [5.74, 6) is 0.853. The molecule has 0 aromatic carbocycles. The fourth-order valence-corrected chi connectivity index (χ4v) is 1.95. The third-order valence-corrected chi connectivity index (χ3v) is 3.04. The number of aryl methyl sites for hydroxylation is 1. The summed E-state index contributed by atoms with van der Waals surface area (Å²) in [6.07, 6.45) is -0.363. The van der Waals surface area contributed by atoms with Crippen molar-refractivity contribution in [1.29, 1.82) is 0 Å². The van der Waals surface area contributed by atoms with Gasteiger partial charge in [0.2, 0.25) is 0 Å². The number of aliphatic hydroxyl groups is 2. The zero-order valence-electron chi connectivity index (χ0n) is 13.7. The van der Waals surface area contributed by atoms with Gasteiger partial charge in [-0.25, -0.2) is 15.0 Å². The van der Waals surface area contributed by atoms with Gasteiger partial charge in [-0.15, -0.1) is 0 Å². The Morgan fingerprint density at radius 2 is 1.95 bits per heavy atom. The van der Waals surface area contributed by atoms with Gasteiger partial charge in [-0.1, -0.05) is 13.8 Å². The van der Waals surface area contributed by atoms with Crippen LogP contribution < -0.4 is 5.73 Å². The van der Waals surface area contributed by atoms with Gasteiger partial charge in [0.25, 0.3) is 0 Å². The average molecular weight is 311 g/mol. The number of imidazole rings is 1. The van der Waals surface area contributed by atoms with E-state index in [1.807, 2.05) is 13.8 Å². The summed E-state index contributed by atoms with van der Waals surface area (Å²) in [6, 6.07) is 0. The van der Waals surface area contributed by atoms with Crippen molar-refractivity contribution in [2.75, 3.05) is 12.3 Å². The van der Waals surface area contributed by atoms with Crippen LogP contribution in [0, 0.1) is 6.92 Å². The third-order valence-electron chi connectivity index (χ3n) is 3.04. The molecular weight excluding hydrogens is 286 g/mol. The highest BCUT2D eigenvalue weighted by atomic mass is 16.5. The molecule has 2 aromatic heterocycles. The van der Waals surface area contributed by atoms with Crippen LogP contribution in [-0.4, -0.2) is 48.5 Å². The third kappa shape index (κ3) is 3.90. The largest absolute Gasteiger partial charge is 0.394 e. The number of rotatable bonds is 5. The van der Waals surface area contributed by atoms with Crippen LogP contribution >= 0.6 is 0 Å². The highest BCUT2D eigenvalue weighted by Gasteiger charge is 2.21. The second-order valence-electron chi connectivity index (χ2n) is 4.68. The second-order valence-corrected chi connectivity index (χ2v) is 4.68. The Bertz CT molecular complexity index is 599. The number of anilines is 1. The lowest BCUT2D eigenvalue weighted by Crippen LogP contribution is -2.32. The SMILES string of the molecule is CC.Cc1nc(N)c2ncn(C(C)OC(CO)[C@@H](C)O)c2n1. The van der Waals surface area contributed by atoms with Gasteiger partial charge in [0, 0.05) is 0 Å². The van der Waals surface area contributed by atoms with Gasteiger partial charge in [0.05, 0.1) is 19.0 Å². The lowest BCUT2D eigenvalue weighted by Gasteiger charge is -2.23. The molecule has 0 saturated carbocycles. The van der Waals surface area contributed by atoms with Crippen molar-refractivity contribution in [3.63, 3.8) is 0 Å². The van der Waals surface area contributed by atoms with Crippen LogP contribution in [0.5, 0.6) is 0 Å². The van der Waals surface area contributed by atoms with Crippen molar-refractivity contribution < 1.29 is 14.9 Å². The van der Waals surface area contributed by atoms with E-state index in [0.29, 0.717) is 22.8 Å². The Balaban J connectivity index is 0.00000116. The van der Waals surface area contributed by atoms with E-state index in [0.717, 1.165) is 0 Å². The lowest BCUT2D eigenvalue weighted by molar-refractivity contribution is -0.110. The molecule has 0 amide bonds. The number of aromatic nitrogens is 4.